The highest BCUT2D eigenvalue weighted by Gasteiger charge is 2.04. The van der Waals surface area contributed by atoms with Crippen LogP contribution in [0.5, 0.6) is 0 Å². The van der Waals surface area contributed by atoms with Gasteiger partial charge in [0.2, 0.25) is 0 Å². The van der Waals surface area contributed by atoms with Crippen LogP contribution in [0.15, 0.2) is 42.5 Å². The monoisotopic (exact) mass is 214 g/mol. The molecule has 1 aromatic heterocycles. The molecule has 0 radical (unpaired) electrons. The molecular formula is C12H7ClN2. The molecule has 0 bridgehead atoms. The van der Waals surface area contributed by atoms with Crippen LogP contribution in [0.3, 0.4) is 0 Å². The van der Waals surface area contributed by atoms with E-state index in [9.17, 15) is 0 Å². The molecule has 3 heteroatoms. The van der Waals surface area contributed by atoms with Crippen LogP contribution < -0.4 is 0 Å². The highest BCUT2D eigenvalue weighted by atomic mass is 35.5. The van der Waals surface area contributed by atoms with Crippen LogP contribution in [0.1, 0.15) is 0 Å². The average molecular weight is 215 g/mol. The fraction of sp³-hybridized carbons (Fsp3) is 0. The Kier molecular flexibility index (Phi) is 1.82. The van der Waals surface area contributed by atoms with Gasteiger partial charge in [-0.3, -0.25) is 0 Å². The molecule has 72 valence electrons. The summed E-state index contributed by atoms with van der Waals surface area (Å²) in [7, 11) is 0. The van der Waals surface area contributed by atoms with E-state index in [2.05, 4.69) is 10.2 Å². The molecule has 3 rings (SSSR count). The van der Waals surface area contributed by atoms with Gasteiger partial charge in [0.1, 0.15) is 5.52 Å². The lowest BCUT2D eigenvalue weighted by atomic mass is 10.1. The zero-order valence-corrected chi connectivity index (χ0v) is 8.57. The van der Waals surface area contributed by atoms with Crippen molar-refractivity contribution in [1.29, 1.82) is 0 Å². The number of hydrogen-bond acceptors (Lipinski definition) is 2. The molecule has 0 fully saturated rings. The number of halogens is 1. The molecule has 0 saturated carbocycles. The van der Waals surface area contributed by atoms with E-state index in [0.717, 1.165) is 21.8 Å². The summed E-state index contributed by atoms with van der Waals surface area (Å²) >= 11 is 6.05. The Morgan fingerprint density at radius 1 is 0.800 bits per heavy atom. The molecule has 2 aromatic carbocycles. The Morgan fingerprint density at radius 3 is 2.53 bits per heavy atom. The summed E-state index contributed by atoms with van der Waals surface area (Å²) in [5.74, 6) is 0. The summed E-state index contributed by atoms with van der Waals surface area (Å²) < 4.78 is 0. The van der Waals surface area contributed by atoms with Gasteiger partial charge in [-0.2, -0.15) is 0 Å². The molecule has 0 N–H and O–H groups in total. The molecule has 1 heterocycles. The highest BCUT2D eigenvalue weighted by molar-refractivity contribution is 6.35. The molecule has 0 amide bonds. The van der Waals surface area contributed by atoms with Crippen LogP contribution >= 0.6 is 11.6 Å². The third-order valence-corrected chi connectivity index (χ3v) is 2.74. The Bertz CT molecular complexity index is 649. The largest absolute Gasteiger partial charge is 0.150 e. The van der Waals surface area contributed by atoms with Crippen LogP contribution in [0.25, 0.3) is 21.8 Å². The van der Waals surface area contributed by atoms with Crippen molar-refractivity contribution in [2.24, 2.45) is 0 Å². The topological polar surface area (TPSA) is 25.8 Å². The highest BCUT2D eigenvalue weighted by Crippen LogP contribution is 2.26. The lowest BCUT2D eigenvalue weighted by molar-refractivity contribution is 1.12. The number of aromatic nitrogens is 2. The molecule has 0 spiro atoms. The predicted molar refractivity (Wildman–Crippen MR) is 62.1 cm³/mol. The van der Waals surface area contributed by atoms with Crippen molar-refractivity contribution in [2.75, 3.05) is 0 Å². The normalized spacial score (nSPS) is 11.0. The van der Waals surface area contributed by atoms with Crippen molar-refractivity contribution in [1.82, 2.24) is 10.2 Å². The third-order valence-electron chi connectivity index (χ3n) is 2.44. The van der Waals surface area contributed by atoms with Crippen LogP contribution in [0.4, 0.5) is 0 Å². The maximum absolute atomic E-state index is 6.05. The molecule has 0 unspecified atom stereocenters. The molecule has 2 nitrogen and oxygen atoms in total. The lowest BCUT2D eigenvalue weighted by Gasteiger charge is -2.02. The number of rotatable bonds is 0. The SMILES string of the molecule is Clc1cccc2c1nnc1ccccc12. The number of hydrogen-bond donors (Lipinski definition) is 0. The Labute approximate surface area is 91.5 Å². The molecule has 3 aromatic rings. The summed E-state index contributed by atoms with van der Waals surface area (Å²) in [4.78, 5) is 0. The van der Waals surface area contributed by atoms with E-state index in [1.807, 2.05) is 42.5 Å². The zero-order chi connectivity index (χ0) is 10.3. The first-order valence-corrected chi connectivity index (χ1v) is 5.04. The van der Waals surface area contributed by atoms with Gasteiger partial charge in [0.25, 0.3) is 0 Å². The summed E-state index contributed by atoms with van der Waals surface area (Å²) in [6.07, 6.45) is 0. The molecule has 0 saturated heterocycles. The quantitative estimate of drug-likeness (QED) is 0.536. The van der Waals surface area contributed by atoms with E-state index in [1.54, 1.807) is 0 Å². The van der Waals surface area contributed by atoms with Crippen LogP contribution in [-0.2, 0) is 0 Å². The van der Waals surface area contributed by atoms with Gasteiger partial charge in [-0.1, -0.05) is 41.9 Å². The zero-order valence-electron chi connectivity index (χ0n) is 7.81. The number of benzene rings is 2. The molecule has 15 heavy (non-hydrogen) atoms. The second-order valence-corrected chi connectivity index (χ2v) is 3.76. The van der Waals surface area contributed by atoms with Gasteiger partial charge in [0.05, 0.1) is 10.5 Å². The van der Waals surface area contributed by atoms with Crippen molar-refractivity contribution >= 4 is 33.4 Å². The van der Waals surface area contributed by atoms with Gasteiger partial charge in [-0.05, 0) is 12.1 Å². The van der Waals surface area contributed by atoms with Crippen molar-refractivity contribution < 1.29 is 0 Å². The van der Waals surface area contributed by atoms with Crippen molar-refractivity contribution in [2.45, 2.75) is 0 Å². The minimum Gasteiger partial charge on any atom is -0.150 e. The Hall–Kier alpha value is -1.67. The number of fused-ring (bicyclic) bond motifs is 3. The van der Waals surface area contributed by atoms with Crippen molar-refractivity contribution in [3.63, 3.8) is 0 Å². The Balaban J connectivity index is 2.60. The van der Waals surface area contributed by atoms with Gasteiger partial charge in [-0.25, -0.2) is 0 Å². The van der Waals surface area contributed by atoms with Gasteiger partial charge in [0.15, 0.2) is 0 Å². The summed E-state index contributed by atoms with van der Waals surface area (Å²) in [6.45, 7) is 0. The summed E-state index contributed by atoms with van der Waals surface area (Å²) in [5.41, 5.74) is 1.66. The van der Waals surface area contributed by atoms with Gasteiger partial charge in [-0.15, -0.1) is 10.2 Å². The van der Waals surface area contributed by atoms with Crippen molar-refractivity contribution in [3.8, 4) is 0 Å². The van der Waals surface area contributed by atoms with Gasteiger partial charge < -0.3 is 0 Å². The minimum atomic E-state index is 0.644. The third kappa shape index (κ3) is 1.26. The van der Waals surface area contributed by atoms with Crippen LogP contribution in [0.2, 0.25) is 5.02 Å². The maximum atomic E-state index is 6.05. The first kappa shape index (κ1) is 8.62. The molecule has 0 aliphatic heterocycles. The van der Waals surface area contributed by atoms with E-state index in [1.165, 1.54) is 0 Å². The fourth-order valence-corrected chi connectivity index (χ4v) is 1.94. The summed E-state index contributed by atoms with van der Waals surface area (Å²) in [6, 6.07) is 13.7. The van der Waals surface area contributed by atoms with Crippen LogP contribution in [0, 0.1) is 0 Å². The lowest BCUT2D eigenvalue weighted by Crippen LogP contribution is -1.87. The Morgan fingerprint density at radius 2 is 1.60 bits per heavy atom. The second kappa shape index (κ2) is 3.17. The van der Waals surface area contributed by atoms with Gasteiger partial charge >= 0.3 is 0 Å². The van der Waals surface area contributed by atoms with E-state index >= 15 is 0 Å². The molecule has 0 aliphatic carbocycles. The standard InChI is InChI=1S/C12H7ClN2/c13-10-6-3-5-9-8-4-1-2-7-11(8)14-15-12(9)10/h1-7H. The molecule has 0 aliphatic rings. The average Bonchev–Trinajstić information content (AvgIpc) is 2.29. The van der Waals surface area contributed by atoms with E-state index in [0.29, 0.717) is 5.02 Å². The minimum absolute atomic E-state index is 0.644. The summed E-state index contributed by atoms with van der Waals surface area (Å²) in [5, 5.41) is 11.0. The first-order valence-electron chi connectivity index (χ1n) is 4.66. The number of nitrogens with zero attached hydrogens (tertiary/aromatic N) is 2. The fourth-order valence-electron chi connectivity index (χ4n) is 1.73. The smallest absolute Gasteiger partial charge is 0.112 e. The van der Waals surface area contributed by atoms with Crippen LogP contribution in [-0.4, -0.2) is 10.2 Å². The predicted octanol–water partition coefficient (Wildman–Crippen LogP) is 3.44. The first-order chi connectivity index (χ1) is 7.36. The van der Waals surface area contributed by atoms with E-state index in [4.69, 9.17) is 11.6 Å². The second-order valence-electron chi connectivity index (χ2n) is 3.35. The van der Waals surface area contributed by atoms with E-state index in [-0.39, 0.29) is 0 Å². The molecular weight excluding hydrogens is 208 g/mol. The maximum Gasteiger partial charge on any atom is 0.112 e. The van der Waals surface area contributed by atoms with Crippen molar-refractivity contribution in [3.05, 3.63) is 47.5 Å². The van der Waals surface area contributed by atoms with E-state index < -0.39 is 0 Å². The molecule has 0 atom stereocenters. The van der Waals surface area contributed by atoms with Gasteiger partial charge in [0, 0.05) is 10.8 Å².